The third kappa shape index (κ3) is 2.70. The number of fused-ring (bicyclic) bond motifs is 1. The minimum absolute atomic E-state index is 0.0176. The largest absolute Gasteiger partial charge is 0.504 e. The van der Waals surface area contributed by atoms with E-state index < -0.39 is 6.09 Å². The van der Waals surface area contributed by atoms with Gasteiger partial charge in [0.05, 0.1) is 12.8 Å². The molecule has 0 saturated carbocycles. The van der Waals surface area contributed by atoms with Crippen LogP contribution in [0.3, 0.4) is 0 Å². The quantitative estimate of drug-likeness (QED) is 0.946. The monoisotopic (exact) mass is 299 g/mol. The number of aromatic hydroxyl groups is 1. The van der Waals surface area contributed by atoms with Crippen LogP contribution in [0, 0.1) is 0 Å². The lowest BCUT2D eigenvalue weighted by Crippen LogP contribution is -2.29. The fourth-order valence-corrected chi connectivity index (χ4v) is 2.55. The maximum Gasteiger partial charge on any atom is 0.414 e. The summed E-state index contributed by atoms with van der Waals surface area (Å²) in [6.07, 6.45) is 0.305. The van der Waals surface area contributed by atoms with Crippen LogP contribution in [0.25, 0.3) is 0 Å². The minimum atomic E-state index is -0.410. The number of benzene rings is 2. The fourth-order valence-electron chi connectivity index (χ4n) is 2.55. The maximum absolute atomic E-state index is 12.2. The first-order chi connectivity index (χ1) is 10.7. The van der Waals surface area contributed by atoms with E-state index in [1.807, 2.05) is 30.3 Å². The summed E-state index contributed by atoms with van der Waals surface area (Å²) in [6, 6.07) is 12.8. The first-order valence-corrected chi connectivity index (χ1v) is 7.07. The number of rotatable bonds is 3. The molecule has 5 heteroatoms. The van der Waals surface area contributed by atoms with Gasteiger partial charge in [0.1, 0.15) is 6.61 Å². The predicted octanol–water partition coefficient (Wildman–Crippen LogP) is 3.10. The van der Waals surface area contributed by atoms with Crippen molar-refractivity contribution >= 4 is 11.8 Å². The molecule has 3 rings (SSSR count). The Bertz CT molecular complexity index is 685. The molecule has 0 fully saturated rings. The van der Waals surface area contributed by atoms with Gasteiger partial charge in [-0.3, -0.25) is 4.90 Å². The van der Waals surface area contributed by atoms with E-state index >= 15 is 0 Å². The molecular weight excluding hydrogens is 282 g/mol. The van der Waals surface area contributed by atoms with Crippen LogP contribution in [0.2, 0.25) is 0 Å². The van der Waals surface area contributed by atoms with E-state index in [0.717, 1.165) is 11.1 Å². The molecule has 0 spiro atoms. The highest BCUT2D eigenvalue weighted by Crippen LogP contribution is 2.38. The van der Waals surface area contributed by atoms with E-state index in [2.05, 4.69) is 0 Å². The summed E-state index contributed by atoms with van der Waals surface area (Å²) in [4.78, 5) is 13.8. The smallest absolute Gasteiger partial charge is 0.414 e. The second-order valence-corrected chi connectivity index (χ2v) is 5.09. The molecule has 1 N–H and O–H groups in total. The molecule has 1 heterocycles. The number of carbonyl (C=O) groups excluding carboxylic acids is 1. The van der Waals surface area contributed by atoms with Gasteiger partial charge in [0.2, 0.25) is 0 Å². The molecule has 1 amide bonds. The lowest BCUT2D eigenvalue weighted by atomic mass is 10.1. The number of methoxy groups -OCH3 is 1. The highest BCUT2D eigenvalue weighted by Gasteiger charge is 2.27. The Morgan fingerprint density at radius 2 is 2.05 bits per heavy atom. The van der Waals surface area contributed by atoms with E-state index in [4.69, 9.17) is 9.47 Å². The van der Waals surface area contributed by atoms with Crippen molar-refractivity contribution in [2.24, 2.45) is 0 Å². The molecule has 0 bridgehead atoms. The predicted molar refractivity (Wildman–Crippen MR) is 82.3 cm³/mol. The van der Waals surface area contributed by atoms with Gasteiger partial charge in [-0.25, -0.2) is 4.79 Å². The lowest BCUT2D eigenvalue weighted by molar-refractivity contribution is 0.147. The van der Waals surface area contributed by atoms with E-state index in [1.54, 1.807) is 12.1 Å². The van der Waals surface area contributed by atoms with Gasteiger partial charge in [0, 0.05) is 12.6 Å². The Hall–Kier alpha value is -2.69. The molecule has 0 radical (unpaired) electrons. The number of anilines is 1. The van der Waals surface area contributed by atoms with Crippen molar-refractivity contribution in [3.05, 3.63) is 53.6 Å². The van der Waals surface area contributed by atoms with Gasteiger partial charge >= 0.3 is 6.09 Å². The minimum Gasteiger partial charge on any atom is -0.504 e. The highest BCUT2D eigenvalue weighted by atomic mass is 16.6. The van der Waals surface area contributed by atoms with Crippen LogP contribution >= 0.6 is 0 Å². The number of carbonyl (C=O) groups is 1. The van der Waals surface area contributed by atoms with Crippen molar-refractivity contribution in [1.29, 1.82) is 0 Å². The molecule has 1 aliphatic heterocycles. The standard InChI is InChI=1S/C17H17NO4/c1-21-16-9-13-7-8-18(14(13)10-15(16)19)17(20)22-11-12-5-3-2-4-6-12/h2-6,9-10,19H,7-8,11H2,1H3. The van der Waals surface area contributed by atoms with Crippen LogP contribution in [-0.4, -0.2) is 24.9 Å². The third-order valence-electron chi connectivity index (χ3n) is 3.70. The molecule has 1 aliphatic rings. The number of ether oxygens (including phenoxy) is 2. The SMILES string of the molecule is COc1cc2c(cc1O)N(C(=O)OCc1ccccc1)CC2. The number of phenolic OH excluding ortho intramolecular Hbond substituents is 1. The molecule has 0 saturated heterocycles. The Kier molecular flexibility index (Phi) is 3.87. The van der Waals surface area contributed by atoms with Crippen LogP contribution in [0.15, 0.2) is 42.5 Å². The summed E-state index contributed by atoms with van der Waals surface area (Å²) in [6.45, 7) is 0.767. The van der Waals surface area contributed by atoms with Gasteiger partial charge in [-0.15, -0.1) is 0 Å². The highest BCUT2D eigenvalue weighted by molar-refractivity contribution is 5.91. The Morgan fingerprint density at radius 1 is 1.27 bits per heavy atom. The van der Waals surface area contributed by atoms with E-state index in [9.17, 15) is 9.90 Å². The fraction of sp³-hybridized carbons (Fsp3) is 0.235. The van der Waals surface area contributed by atoms with Crippen LogP contribution in [-0.2, 0) is 17.8 Å². The van der Waals surface area contributed by atoms with Gasteiger partial charge in [0.15, 0.2) is 11.5 Å². The average Bonchev–Trinajstić information content (AvgIpc) is 2.95. The van der Waals surface area contributed by atoms with Crippen LogP contribution < -0.4 is 9.64 Å². The second kappa shape index (κ2) is 5.97. The van der Waals surface area contributed by atoms with Crippen molar-refractivity contribution in [2.75, 3.05) is 18.6 Å². The molecule has 5 nitrogen and oxygen atoms in total. The van der Waals surface area contributed by atoms with E-state index in [0.29, 0.717) is 24.4 Å². The molecule has 0 atom stereocenters. The summed E-state index contributed by atoms with van der Waals surface area (Å²) in [5.74, 6) is 0.433. The van der Waals surface area contributed by atoms with E-state index in [-0.39, 0.29) is 12.4 Å². The normalized spacial score (nSPS) is 12.9. The molecule has 0 unspecified atom stereocenters. The van der Waals surface area contributed by atoms with Gasteiger partial charge < -0.3 is 14.6 Å². The van der Waals surface area contributed by atoms with Gasteiger partial charge in [0.25, 0.3) is 0 Å². The van der Waals surface area contributed by atoms with Crippen molar-refractivity contribution < 1.29 is 19.4 Å². The summed E-state index contributed by atoms with van der Waals surface area (Å²) in [5.41, 5.74) is 2.58. The number of hydrogen-bond acceptors (Lipinski definition) is 4. The Balaban J connectivity index is 1.72. The third-order valence-corrected chi connectivity index (χ3v) is 3.70. The molecule has 0 aromatic heterocycles. The second-order valence-electron chi connectivity index (χ2n) is 5.09. The lowest BCUT2D eigenvalue weighted by Gasteiger charge is -2.17. The van der Waals surface area contributed by atoms with Crippen LogP contribution in [0.1, 0.15) is 11.1 Å². The van der Waals surface area contributed by atoms with Gasteiger partial charge in [-0.2, -0.15) is 0 Å². The summed E-state index contributed by atoms with van der Waals surface area (Å²) < 4.78 is 10.4. The first-order valence-electron chi connectivity index (χ1n) is 7.07. The molecular formula is C17H17NO4. The number of amides is 1. The Morgan fingerprint density at radius 3 is 2.77 bits per heavy atom. The molecule has 114 valence electrons. The van der Waals surface area contributed by atoms with Crippen molar-refractivity contribution in [2.45, 2.75) is 13.0 Å². The first kappa shape index (κ1) is 14.3. The molecule has 0 aliphatic carbocycles. The molecule has 22 heavy (non-hydrogen) atoms. The zero-order chi connectivity index (χ0) is 15.5. The Labute approximate surface area is 128 Å². The van der Waals surface area contributed by atoms with E-state index in [1.165, 1.54) is 12.0 Å². The van der Waals surface area contributed by atoms with Crippen LogP contribution in [0.5, 0.6) is 11.5 Å². The molecule has 2 aromatic rings. The average molecular weight is 299 g/mol. The topological polar surface area (TPSA) is 59.0 Å². The maximum atomic E-state index is 12.2. The number of nitrogens with zero attached hydrogens (tertiary/aromatic N) is 1. The number of hydrogen-bond donors (Lipinski definition) is 1. The summed E-state index contributed by atoms with van der Waals surface area (Å²) in [7, 11) is 1.50. The van der Waals surface area contributed by atoms with Gasteiger partial charge in [-0.05, 0) is 23.6 Å². The summed E-state index contributed by atoms with van der Waals surface area (Å²) in [5, 5.41) is 9.88. The summed E-state index contributed by atoms with van der Waals surface area (Å²) >= 11 is 0. The van der Waals surface area contributed by atoms with Gasteiger partial charge in [-0.1, -0.05) is 30.3 Å². The van der Waals surface area contributed by atoms with Crippen molar-refractivity contribution in [3.63, 3.8) is 0 Å². The number of phenols is 1. The van der Waals surface area contributed by atoms with Crippen molar-refractivity contribution in [1.82, 2.24) is 0 Å². The van der Waals surface area contributed by atoms with Crippen molar-refractivity contribution in [3.8, 4) is 11.5 Å². The zero-order valence-electron chi connectivity index (χ0n) is 12.3. The van der Waals surface area contributed by atoms with Crippen LogP contribution in [0.4, 0.5) is 10.5 Å². The zero-order valence-corrected chi connectivity index (χ0v) is 12.3. The molecule has 2 aromatic carbocycles.